The van der Waals surface area contributed by atoms with Crippen LogP contribution in [0.5, 0.6) is 17.4 Å². The Labute approximate surface area is 225 Å². The number of aromatic nitrogens is 3. The standard InChI is InChI=1S/C29H26ClN5O3/c1-2-14-31-29(36)35-25-13-12-22(15-24(25)30)38-28-23-16-26(34-27(23)32-18-33-28)20-8-10-21(11-9-20)37-17-19-6-4-3-5-7-19/h3-13,15-16,18H,2,14,17H2,1H3,(H2,31,35,36)(H,32,33,34). The lowest BCUT2D eigenvalue weighted by Crippen LogP contribution is -2.29. The monoisotopic (exact) mass is 527 g/mol. The molecule has 0 bridgehead atoms. The second kappa shape index (κ2) is 11.7. The van der Waals surface area contributed by atoms with Crippen LogP contribution in [0, 0.1) is 0 Å². The lowest BCUT2D eigenvalue weighted by Gasteiger charge is -2.10. The molecule has 0 radical (unpaired) electrons. The Bertz CT molecular complexity index is 1540. The molecule has 3 N–H and O–H groups in total. The Hall–Kier alpha value is -4.56. The van der Waals surface area contributed by atoms with Crippen molar-refractivity contribution in [1.82, 2.24) is 20.3 Å². The number of halogens is 1. The molecule has 3 aromatic carbocycles. The smallest absolute Gasteiger partial charge is 0.319 e. The first-order chi connectivity index (χ1) is 18.6. The number of nitrogens with one attached hydrogen (secondary N) is 3. The van der Waals surface area contributed by atoms with Crippen LogP contribution in [-0.2, 0) is 6.61 Å². The van der Waals surface area contributed by atoms with E-state index >= 15 is 0 Å². The molecule has 2 aromatic heterocycles. The van der Waals surface area contributed by atoms with Crippen LogP contribution in [0.2, 0.25) is 5.02 Å². The van der Waals surface area contributed by atoms with E-state index in [-0.39, 0.29) is 6.03 Å². The molecule has 0 aliphatic rings. The Morgan fingerprint density at radius 1 is 0.974 bits per heavy atom. The lowest BCUT2D eigenvalue weighted by atomic mass is 10.1. The molecule has 0 saturated heterocycles. The number of rotatable bonds is 9. The van der Waals surface area contributed by atoms with Gasteiger partial charge in [0.1, 0.15) is 30.1 Å². The highest BCUT2D eigenvalue weighted by Gasteiger charge is 2.13. The molecule has 0 unspecified atom stereocenters. The Morgan fingerprint density at radius 3 is 2.53 bits per heavy atom. The summed E-state index contributed by atoms with van der Waals surface area (Å²) < 4.78 is 11.9. The van der Waals surface area contributed by atoms with Gasteiger partial charge in [0.15, 0.2) is 0 Å². The van der Waals surface area contributed by atoms with Crippen molar-refractivity contribution >= 4 is 34.4 Å². The summed E-state index contributed by atoms with van der Waals surface area (Å²) in [5.41, 5.74) is 4.09. The van der Waals surface area contributed by atoms with Gasteiger partial charge in [-0.05, 0) is 60.0 Å². The second-order valence-corrected chi connectivity index (χ2v) is 8.95. The second-order valence-electron chi connectivity index (χ2n) is 8.55. The van der Waals surface area contributed by atoms with Crippen molar-refractivity contribution in [1.29, 1.82) is 0 Å². The van der Waals surface area contributed by atoms with Crippen LogP contribution in [0.1, 0.15) is 18.9 Å². The number of anilines is 1. The average molecular weight is 528 g/mol. The average Bonchev–Trinajstić information content (AvgIpc) is 3.39. The van der Waals surface area contributed by atoms with Crippen LogP contribution < -0.4 is 20.1 Å². The van der Waals surface area contributed by atoms with E-state index in [4.69, 9.17) is 21.1 Å². The first-order valence-electron chi connectivity index (χ1n) is 12.2. The van der Waals surface area contributed by atoms with Gasteiger partial charge in [0.2, 0.25) is 5.88 Å². The number of hydrogen-bond donors (Lipinski definition) is 3. The summed E-state index contributed by atoms with van der Waals surface area (Å²) in [7, 11) is 0. The highest BCUT2D eigenvalue weighted by molar-refractivity contribution is 6.33. The summed E-state index contributed by atoms with van der Waals surface area (Å²) in [6, 6.07) is 24.6. The largest absolute Gasteiger partial charge is 0.489 e. The van der Waals surface area contributed by atoms with Crippen molar-refractivity contribution in [2.45, 2.75) is 20.0 Å². The summed E-state index contributed by atoms with van der Waals surface area (Å²) in [5.74, 6) is 1.66. The van der Waals surface area contributed by atoms with E-state index < -0.39 is 0 Å². The number of benzene rings is 3. The summed E-state index contributed by atoms with van der Waals surface area (Å²) in [4.78, 5) is 23.9. The number of nitrogens with zero attached hydrogens (tertiary/aromatic N) is 2. The molecule has 0 saturated carbocycles. The highest BCUT2D eigenvalue weighted by atomic mass is 35.5. The van der Waals surface area contributed by atoms with Gasteiger partial charge in [0.25, 0.3) is 0 Å². The zero-order chi connectivity index (χ0) is 26.3. The fourth-order valence-electron chi connectivity index (χ4n) is 3.80. The van der Waals surface area contributed by atoms with Crippen molar-refractivity contribution in [3.63, 3.8) is 0 Å². The van der Waals surface area contributed by atoms with Gasteiger partial charge in [-0.15, -0.1) is 0 Å². The van der Waals surface area contributed by atoms with Gasteiger partial charge in [0, 0.05) is 18.3 Å². The van der Waals surface area contributed by atoms with Crippen LogP contribution in [0.4, 0.5) is 10.5 Å². The minimum atomic E-state index is -0.310. The predicted molar refractivity (Wildman–Crippen MR) is 149 cm³/mol. The molecule has 5 rings (SSSR count). The fourth-order valence-corrected chi connectivity index (χ4v) is 4.02. The van der Waals surface area contributed by atoms with E-state index in [1.807, 2.05) is 67.6 Å². The molecule has 2 amide bonds. The number of urea groups is 1. The molecule has 8 nitrogen and oxygen atoms in total. The van der Waals surface area contributed by atoms with E-state index in [2.05, 4.69) is 25.6 Å². The number of H-pyrrole nitrogens is 1. The Morgan fingerprint density at radius 2 is 1.76 bits per heavy atom. The number of carbonyl (C=O) groups is 1. The molecule has 5 aromatic rings. The number of ether oxygens (including phenoxy) is 2. The quantitative estimate of drug-likeness (QED) is 0.188. The van der Waals surface area contributed by atoms with Gasteiger partial charge in [-0.1, -0.05) is 48.9 Å². The molecule has 0 fully saturated rings. The number of fused-ring (bicyclic) bond motifs is 1. The minimum Gasteiger partial charge on any atom is -0.489 e. The molecular weight excluding hydrogens is 502 g/mol. The van der Waals surface area contributed by atoms with Crippen molar-refractivity contribution in [2.24, 2.45) is 0 Å². The maximum atomic E-state index is 11.9. The fraction of sp³-hybridized carbons (Fsp3) is 0.138. The van der Waals surface area contributed by atoms with Gasteiger partial charge in [-0.2, -0.15) is 0 Å². The molecule has 0 aliphatic carbocycles. The number of carbonyl (C=O) groups excluding carboxylic acids is 1. The van der Waals surface area contributed by atoms with Crippen LogP contribution in [0.25, 0.3) is 22.3 Å². The molecule has 0 spiro atoms. The number of hydrogen-bond acceptors (Lipinski definition) is 5. The maximum absolute atomic E-state index is 11.9. The third-order valence-electron chi connectivity index (χ3n) is 5.74. The van der Waals surface area contributed by atoms with Crippen LogP contribution in [0.15, 0.2) is 85.2 Å². The zero-order valence-corrected chi connectivity index (χ0v) is 21.5. The van der Waals surface area contributed by atoms with E-state index in [0.717, 1.165) is 34.4 Å². The normalized spacial score (nSPS) is 10.8. The summed E-state index contributed by atoms with van der Waals surface area (Å²) in [6.45, 7) is 3.07. The minimum absolute atomic E-state index is 0.310. The SMILES string of the molecule is CCCNC(=O)Nc1ccc(Oc2ncnc3[nH]c(-c4ccc(OCc5ccccc5)cc4)cc23)cc1Cl. The predicted octanol–water partition coefficient (Wildman–Crippen LogP) is 7.18. The Kier molecular flexibility index (Phi) is 7.70. The third-order valence-corrected chi connectivity index (χ3v) is 6.05. The van der Waals surface area contributed by atoms with Crippen LogP contribution >= 0.6 is 11.6 Å². The summed E-state index contributed by atoms with van der Waals surface area (Å²) >= 11 is 6.37. The molecule has 38 heavy (non-hydrogen) atoms. The number of amides is 2. The van der Waals surface area contributed by atoms with Crippen molar-refractivity contribution in [2.75, 3.05) is 11.9 Å². The first-order valence-corrected chi connectivity index (χ1v) is 12.6. The van der Waals surface area contributed by atoms with E-state index in [1.54, 1.807) is 18.2 Å². The van der Waals surface area contributed by atoms with Gasteiger partial charge < -0.3 is 25.1 Å². The lowest BCUT2D eigenvalue weighted by molar-refractivity contribution is 0.252. The Balaban J connectivity index is 1.29. The first kappa shape index (κ1) is 25.1. The van der Waals surface area contributed by atoms with E-state index in [1.165, 1.54) is 6.33 Å². The van der Waals surface area contributed by atoms with Crippen molar-refractivity contribution in [3.8, 4) is 28.6 Å². The van der Waals surface area contributed by atoms with Crippen molar-refractivity contribution < 1.29 is 14.3 Å². The van der Waals surface area contributed by atoms with Crippen LogP contribution in [0.3, 0.4) is 0 Å². The van der Waals surface area contributed by atoms with Gasteiger partial charge in [-0.25, -0.2) is 14.8 Å². The summed E-state index contributed by atoms with van der Waals surface area (Å²) in [6.07, 6.45) is 2.28. The molecule has 0 atom stereocenters. The molecule has 0 aliphatic heterocycles. The van der Waals surface area contributed by atoms with Gasteiger partial charge >= 0.3 is 6.03 Å². The topological polar surface area (TPSA) is 101 Å². The third kappa shape index (κ3) is 6.04. The highest BCUT2D eigenvalue weighted by Crippen LogP contribution is 2.33. The molecule has 2 heterocycles. The molecule has 9 heteroatoms. The van der Waals surface area contributed by atoms with E-state index in [0.29, 0.717) is 41.1 Å². The zero-order valence-electron chi connectivity index (χ0n) is 20.7. The van der Waals surface area contributed by atoms with Crippen LogP contribution in [-0.4, -0.2) is 27.5 Å². The number of aromatic amines is 1. The van der Waals surface area contributed by atoms with Crippen molar-refractivity contribution in [3.05, 3.63) is 95.8 Å². The summed E-state index contributed by atoms with van der Waals surface area (Å²) in [5, 5.41) is 6.55. The van der Waals surface area contributed by atoms with Gasteiger partial charge in [-0.3, -0.25) is 0 Å². The maximum Gasteiger partial charge on any atom is 0.319 e. The van der Waals surface area contributed by atoms with Gasteiger partial charge in [0.05, 0.1) is 16.1 Å². The molecular formula is C29H26ClN5O3. The molecule has 192 valence electrons. The van der Waals surface area contributed by atoms with E-state index in [9.17, 15) is 4.79 Å².